The van der Waals surface area contributed by atoms with Crippen molar-refractivity contribution in [3.63, 3.8) is 0 Å². The number of methoxy groups -OCH3 is 1. The second-order valence-corrected chi connectivity index (χ2v) is 5.46. The van der Waals surface area contributed by atoms with Gasteiger partial charge in [-0.3, -0.25) is 0 Å². The topological polar surface area (TPSA) is 48.0 Å². The minimum absolute atomic E-state index is 0.300. The molecule has 0 aromatic heterocycles. The number of rotatable bonds is 9. The number of likely N-dealkylation sites (tertiary alicyclic amines) is 1. The van der Waals surface area contributed by atoms with Crippen molar-refractivity contribution in [3.8, 4) is 0 Å². The van der Waals surface area contributed by atoms with Crippen LogP contribution in [0.3, 0.4) is 0 Å². The van der Waals surface area contributed by atoms with Crippen LogP contribution in [0.25, 0.3) is 0 Å². The SMILES string of the molecule is CCN1CCC(N(C)CC(O)CNCCOC)CC1. The maximum atomic E-state index is 9.99. The summed E-state index contributed by atoms with van der Waals surface area (Å²) in [5, 5.41) is 13.2. The molecule has 0 amide bonds. The van der Waals surface area contributed by atoms with Gasteiger partial charge in [0.15, 0.2) is 0 Å². The molecule has 0 saturated carbocycles. The van der Waals surface area contributed by atoms with Crippen molar-refractivity contribution >= 4 is 0 Å². The molecule has 1 saturated heterocycles. The molecule has 0 bridgehead atoms. The molecule has 0 aromatic carbocycles. The fourth-order valence-corrected chi connectivity index (χ4v) is 2.67. The van der Waals surface area contributed by atoms with Crippen LogP contribution in [-0.2, 0) is 4.74 Å². The van der Waals surface area contributed by atoms with Gasteiger partial charge in [-0.25, -0.2) is 0 Å². The number of piperidine rings is 1. The van der Waals surface area contributed by atoms with E-state index in [4.69, 9.17) is 4.74 Å². The average Bonchev–Trinajstić information content (AvgIpc) is 2.43. The molecule has 0 radical (unpaired) electrons. The number of hydrogen-bond acceptors (Lipinski definition) is 5. The summed E-state index contributed by atoms with van der Waals surface area (Å²) in [4.78, 5) is 4.81. The molecule has 0 aliphatic carbocycles. The lowest BCUT2D eigenvalue weighted by molar-refractivity contribution is 0.0736. The lowest BCUT2D eigenvalue weighted by atomic mass is 10.0. The van der Waals surface area contributed by atoms with Crippen LogP contribution in [0.1, 0.15) is 19.8 Å². The standard InChI is InChI=1S/C14H31N3O2/c1-4-17-8-5-13(6-9-17)16(2)12-14(18)11-15-7-10-19-3/h13-15,18H,4-12H2,1-3H3. The molecule has 0 spiro atoms. The average molecular weight is 273 g/mol. The van der Waals surface area contributed by atoms with E-state index in [-0.39, 0.29) is 6.10 Å². The lowest BCUT2D eigenvalue weighted by Gasteiger charge is -2.37. The largest absolute Gasteiger partial charge is 0.390 e. The molecule has 5 nitrogen and oxygen atoms in total. The summed E-state index contributed by atoms with van der Waals surface area (Å²) in [6.45, 7) is 8.63. The van der Waals surface area contributed by atoms with Crippen molar-refractivity contribution < 1.29 is 9.84 Å². The van der Waals surface area contributed by atoms with Gasteiger partial charge in [0.1, 0.15) is 0 Å². The van der Waals surface area contributed by atoms with Crippen LogP contribution in [-0.4, -0.2) is 87.1 Å². The molecule has 1 aliphatic heterocycles. The highest BCUT2D eigenvalue weighted by atomic mass is 16.5. The van der Waals surface area contributed by atoms with E-state index in [1.165, 1.54) is 25.9 Å². The van der Waals surface area contributed by atoms with Crippen molar-refractivity contribution in [2.75, 3.05) is 60.0 Å². The van der Waals surface area contributed by atoms with Gasteiger partial charge in [0.05, 0.1) is 12.7 Å². The first-order valence-electron chi connectivity index (χ1n) is 7.47. The summed E-state index contributed by atoms with van der Waals surface area (Å²) < 4.78 is 4.96. The number of nitrogens with one attached hydrogen (secondary N) is 1. The molecule has 0 aromatic rings. The van der Waals surface area contributed by atoms with Crippen molar-refractivity contribution in [3.05, 3.63) is 0 Å². The summed E-state index contributed by atoms with van der Waals surface area (Å²) >= 11 is 0. The van der Waals surface area contributed by atoms with Gasteiger partial charge in [-0.05, 0) is 39.5 Å². The zero-order chi connectivity index (χ0) is 14.1. The van der Waals surface area contributed by atoms with Gasteiger partial charge in [-0.15, -0.1) is 0 Å². The highest BCUT2D eigenvalue weighted by molar-refractivity contribution is 4.79. The van der Waals surface area contributed by atoms with Crippen LogP contribution < -0.4 is 5.32 Å². The minimum Gasteiger partial charge on any atom is -0.390 e. The Morgan fingerprint density at radius 1 is 1.42 bits per heavy atom. The molecule has 1 heterocycles. The molecule has 2 N–H and O–H groups in total. The van der Waals surface area contributed by atoms with Gasteiger partial charge in [0, 0.05) is 32.8 Å². The van der Waals surface area contributed by atoms with Crippen LogP contribution in [0, 0.1) is 0 Å². The highest BCUT2D eigenvalue weighted by Crippen LogP contribution is 2.15. The van der Waals surface area contributed by atoms with Gasteiger partial charge in [0.25, 0.3) is 0 Å². The number of aliphatic hydroxyl groups excluding tert-OH is 1. The maximum absolute atomic E-state index is 9.99. The van der Waals surface area contributed by atoms with E-state index in [9.17, 15) is 5.11 Å². The maximum Gasteiger partial charge on any atom is 0.0791 e. The smallest absolute Gasteiger partial charge is 0.0791 e. The third kappa shape index (κ3) is 6.68. The Balaban J connectivity index is 2.14. The van der Waals surface area contributed by atoms with Crippen LogP contribution in [0.4, 0.5) is 0 Å². The van der Waals surface area contributed by atoms with E-state index in [1.54, 1.807) is 7.11 Å². The number of ether oxygens (including phenoxy) is 1. The molecule has 5 heteroatoms. The van der Waals surface area contributed by atoms with Gasteiger partial charge in [-0.2, -0.15) is 0 Å². The van der Waals surface area contributed by atoms with Gasteiger partial charge >= 0.3 is 0 Å². The van der Waals surface area contributed by atoms with Gasteiger partial charge < -0.3 is 25.0 Å². The third-order valence-corrected chi connectivity index (χ3v) is 3.99. The Morgan fingerprint density at radius 3 is 2.68 bits per heavy atom. The molecular formula is C14H31N3O2. The summed E-state index contributed by atoms with van der Waals surface area (Å²) in [5.41, 5.74) is 0. The molecule has 1 atom stereocenters. The molecule has 114 valence electrons. The molecule has 1 rings (SSSR count). The molecule has 1 aliphatic rings. The number of likely N-dealkylation sites (N-methyl/N-ethyl adjacent to an activating group) is 1. The molecule has 1 unspecified atom stereocenters. The Kier molecular flexibility index (Phi) is 8.57. The van der Waals surface area contributed by atoms with E-state index in [0.29, 0.717) is 19.2 Å². The first kappa shape index (κ1) is 16.9. The fourth-order valence-electron chi connectivity index (χ4n) is 2.67. The summed E-state index contributed by atoms with van der Waals surface area (Å²) in [5.74, 6) is 0. The molecular weight excluding hydrogens is 242 g/mol. The van der Waals surface area contributed by atoms with E-state index < -0.39 is 0 Å². The van der Waals surface area contributed by atoms with Crippen LogP contribution in [0.2, 0.25) is 0 Å². The van der Waals surface area contributed by atoms with E-state index in [0.717, 1.165) is 19.6 Å². The summed E-state index contributed by atoms with van der Waals surface area (Å²) in [7, 11) is 3.82. The second kappa shape index (κ2) is 9.66. The first-order chi connectivity index (χ1) is 9.17. The zero-order valence-electron chi connectivity index (χ0n) is 12.8. The fraction of sp³-hybridized carbons (Fsp3) is 1.00. The Hall–Kier alpha value is -0.200. The Bertz CT molecular complexity index is 221. The van der Waals surface area contributed by atoms with Crippen molar-refractivity contribution in [2.45, 2.75) is 31.9 Å². The highest BCUT2D eigenvalue weighted by Gasteiger charge is 2.22. The molecule has 19 heavy (non-hydrogen) atoms. The first-order valence-corrected chi connectivity index (χ1v) is 7.47. The van der Waals surface area contributed by atoms with Gasteiger partial charge in [0.2, 0.25) is 0 Å². The minimum atomic E-state index is -0.300. The number of hydrogen-bond donors (Lipinski definition) is 2. The second-order valence-electron chi connectivity index (χ2n) is 5.46. The van der Waals surface area contributed by atoms with Crippen molar-refractivity contribution in [2.24, 2.45) is 0 Å². The monoisotopic (exact) mass is 273 g/mol. The summed E-state index contributed by atoms with van der Waals surface area (Å²) in [6, 6.07) is 0.622. The van der Waals surface area contributed by atoms with Crippen molar-refractivity contribution in [1.29, 1.82) is 0 Å². The Morgan fingerprint density at radius 2 is 2.11 bits per heavy atom. The van der Waals surface area contributed by atoms with E-state index in [2.05, 4.69) is 29.1 Å². The zero-order valence-corrected chi connectivity index (χ0v) is 12.8. The van der Waals surface area contributed by atoms with Crippen LogP contribution in [0.5, 0.6) is 0 Å². The molecule has 1 fully saturated rings. The third-order valence-electron chi connectivity index (χ3n) is 3.99. The predicted octanol–water partition coefficient (Wildman–Crippen LogP) is -0.000600. The lowest BCUT2D eigenvalue weighted by Crippen LogP contribution is -2.47. The van der Waals surface area contributed by atoms with E-state index >= 15 is 0 Å². The van der Waals surface area contributed by atoms with E-state index in [1.807, 2.05) is 0 Å². The van der Waals surface area contributed by atoms with Crippen LogP contribution >= 0.6 is 0 Å². The predicted molar refractivity (Wildman–Crippen MR) is 78.5 cm³/mol. The number of aliphatic hydroxyl groups is 1. The normalized spacial score (nSPS) is 20.1. The Labute approximate surface area is 117 Å². The van der Waals surface area contributed by atoms with Crippen LogP contribution in [0.15, 0.2) is 0 Å². The van der Waals surface area contributed by atoms with Crippen molar-refractivity contribution in [1.82, 2.24) is 15.1 Å². The summed E-state index contributed by atoms with van der Waals surface area (Å²) in [6.07, 6.45) is 2.13. The number of nitrogens with zero attached hydrogens (tertiary/aromatic N) is 2. The quantitative estimate of drug-likeness (QED) is 0.579. The van der Waals surface area contributed by atoms with Gasteiger partial charge in [-0.1, -0.05) is 6.92 Å².